The van der Waals surface area contributed by atoms with Gasteiger partial charge in [-0.3, -0.25) is 9.78 Å². The Morgan fingerprint density at radius 1 is 1.33 bits per heavy atom. The molecule has 0 saturated carbocycles. The molecule has 2 heterocycles. The Bertz CT molecular complexity index is 772. The van der Waals surface area contributed by atoms with Crippen LogP contribution in [-0.4, -0.2) is 22.1 Å². The summed E-state index contributed by atoms with van der Waals surface area (Å²) in [5.74, 6) is -0.594. The van der Waals surface area contributed by atoms with Gasteiger partial charge in [-0.05, 0) is 29.8 Å². The van der Waals surface area contributed by atoms with Crippen molar-refractivity contribution in [2.24, 2.45) is 0 Å². The fraction of sp³-hybridized carbons (Fsp3) is 0. The van der Waals surface area contributed by atoms with E-state index >= 15 is 0 Å². The maximum absolute atomic E-state index is 12.3. The molecule has 0 unspecified atom stereocenters. The van der Waals surface area contributed by atoms with Gasteiger partial charge in [0.05, 0.1) is 11.3 Å². The largest absolute Gasteiger partial charge is 0.464 e. The highest BCUT2D eigenvalue weighted by Crippen LogP contribution is 2.39. The maximum Gasteiger partial charge on any atom is 0.419 e. The molecule has 2 aromatic rings. The molecular weight excluding hydrogens is 292 g/mol. The van der Waals surface area contributed by atoms with E-state index in [1.807, 2.05) is 0 Å². The van der Waals surface area contributed by atoms with Gasteiger partial charge in [0.15, 0.2) is 0 Å². The van der Waals surface area contributed by atoms with Crippen LogP contribution in [0.4, 0.5) is 10.5 Å². The van der Waals surface area contributed by atoms with Crippen LogP contribution in [0.25, 0.3) is 11.6 Å². The quantitative estimate of drug-likeness (QED) is 0.820. The lowest BCUT2D eigenvalue weighted by Gasteiger charge is -2.09. The highest BCUT2D eigenvalue weighted by Gasteiger charge is 2.36. The fourth-order valence-electron chi connectivity index (χ4n) is 2.22. The number of pyridine rings is 1. The van der Waals surface area contributed by atoms with Crippen LogP contribution in [0.5, 0.6) is 0 Å². The standard InChI is InChI=1S/C15H9ClN2O3/c16-10-3-4-11-12(6-9-2-1-5-17-8-9)14(19)18(15(20)21)13(11)7-10/h1-8H,(H,20,21). The molecule has 0 aliphatic carbocycles. The SMILES string of the molecule is O=C(O)N1C(=O)C(=Cc2cccnc2)c2ccc(Cl)cc21. The van der Waals surface area contributed by atoms with Crippen LogP contribution < -0.4 is 4.90 Å². The number of rotatable bonds is 1. The Labute approximate surface area is 125 Å². The minimum atomic E-state index is -1.34. The fourth-order valence-corrected chi connectivity index (χ4v) is 2.39. The predicted molar refractivity (Wildman–Crippen MR) is 79.1 cm³/mol. The lowest BCUT2D eigenvalue weighted by molar-refractivity contribution is -0.112. The smallest absolute Gasteiger partial charge is 0.419 e. The number of carbonyl (C=O) groups is 2. The maximum atomic E-state index is 12.3. The highest BCUT2D eigenvalue weighted by molar-refractivity contribution is 6.42. The van der Waals surface area contributed by atoms with Crippen molar-refractivity contribution in [2.45, 2.75) is 0 Å². The van der Waals surface area contributed by atoms with Crippen LogP contribution in [0, 0.1) is 0 Å². The third kappa shape index (κ3) is 2.28. The van der Waals surface area contributed by atoms with Gasteiger partial charge in [-0.15, -0.1) is 0 Å². The van der Waals surface area contributed by atoms with E-state index in [-0.39, 0.29) is 5.69 Å². The zero-order chi connectivity index (χ0) is 15.0. The first-order valence-corrected chi connectivity index (χ1v) is 6.45. The minimum absolute atomic E-state index is 0.273. The van der Waals surface area contributed by atoms with Crippen molar-refractivity contribution in [3.05, 3.63) is 58.9 Å². The van der Waals surface area contributed by atoms with Gasteiger partial charge >= 0.3 is 6.09 Å². The number of benzene rings is 1. The Kier molecular flexibility index (Phi) is 3.19. The van der Waals surface area contributed by atoms with Crippen LogP contribution >= 0.6 is 11.6 Å². The number of fused-ring (bicyclic) bond motifs is 1. The third-order valence-electron chi connectivity index (χ3n) is 3.11. The number of anilines is 1. The van der Waals surface area contributed by atoms with Crippen molar-refractivity contribution in [3.8, 4) is 0 Å². The van der Waals surface area contributed by atoms with E-state index in [1.54, 1.807) is 42.7 Å². The number of hydrogen-bond acceptors (Lipinski definition) is 3. The van der Waals surface area contributed by atoms with Crippen LogP contribution in [0.1, 0.15) is 11.1 Å². The Balaban J connectivity index is 2.18. The normalized spacial score (nSPS) is 15.4. The molecule has 104 valence electrons. The van der Waals surface area contributed by atoms with Gasteiger partial charge in [-0.25, -0.2) is 9.69 Å². The number of carbonyl (C=O) groups excluding carboxylic acids is 1. The van der Waals surface area contributed by atoms with E-state index in [4.69, 9.17) is 11.6 Å². The van der Waals surface area contributed by atoms with Gasteiger partial charge in [0.2, 0.25) is 0 Å². The Morgan fingerprint density at radius 2 is 2.14 bits per heavy atom. The number of imide groups is 1. The summed E-state index contributed by atoms with van der Waals surface area (Å²) in [5, 5.41) is 9.60. The van der Waals surface area contributed by atoms with Crippen molar-refractivity contribution < 1.29 is 14.7 Å². The lowest BCUT2D eigenvalue weighted by atomic mass is 10.1. The number of halogens is 1. The Morgan fingerprint density at radius 3 is 2.81 bits per heavy atom. The molecule has 0 atom stereocenters. The lowest BCUT2D eigenvalue weighted by Crippen LogP contribution is -2.31. The van der Waals surface area contributed by atoms with E-state index in [0.29, 0.717) is 26.6 Å². The first kappa shape index (κ1) is 13.3. The molecule has 5 nitrogen and oxygen atoms in total. The molecule has 2 amide bonds. The number of aromatic nitrogens is 1. The second kappa shape index (κ2) is 5.03. The molecule has 0 radical (unpaired) electrons. The summed E-state index contributed by atoms with van der Waals surface area (Å²) in [4.78, 5) is 28.3. The molecule has 0 saturated heterocycles. The summed E-state index contributed by atoms with van der Waals surface area (Å²) >= 11 is 5.89. The summed E-state index contributed by atoms with van der Waals surface area (Å²) in [7, 11) is 0. The van der Waals surface area contributed by atoms with E-state index in [1.165, 1.54) is 6.07 Å². The second-order valence-electron chi connectivity index (χ2n) is 4.43. The average Bonchev–Trinajstić information content (AvgIpc) is 2.72. The summed E-state index contributed by atoms with van der Waals surface area (Å²) in [6.45, 7) is 0. The van der Waals surface area contributed by atoms with Crippen LogP contribution in [0.15, 0.2) is 42.7 Å². The molecule has 3 rings (SSSR count). The van der Waals surface area contributed by atoms with E-state index in [2.05, 4.69) is 4.98 Å². The zero-order valence-corrected chi connectivity index (χ0v) is 11.4. The van der Waals surface area contributed by atoms with Gasteiger partial charge in [-0.1, -0.05) is 23.7 Å². The number of nitrogens with zero attached hydrogens (tertiary/aromatic N) is 2. The van der Waals surface area contributed by atoms with Crippen molar-refractivity contribution in [1.29, 1.82) is 0 Å². The first-order chi connectivity index (χ1) is 10.1. The Hall–Kier alpha value is -2.66. The predicted octanol–water partition coefficient (Wildman–Crippen LogP) is 3.30. The van der Waals surface area contributed by atoms with Crippen LogP contribution in [-0.2, 0) is 4.79 Å². The number of amides is 2. The monoisotopic (exact) mass is 300 g/mol. The van der Waals surface area contributed by atoms with E-state index < -0.39 is 12.0 Å². The van der Waals surface area contributed by atoms with Crippen LogP contribution in [0.3, 0.4) is 0 Å². The summed E-state index contributed by atoms with van der Waals surface area (Å²) in [5.41, 5.74) is 1.83. The van der Waals surface area contributed by atoms with Gasteiger partial charge in [0.25, 0.3) is 5.91 Å². The third-order valence-corrected chi connectivity index (χ3v) is 3.35. The van der Waals surface area contributed by atoms with Crippen molar-refractivity contribution >= 4 is 40.9 Å². The van der Waals surface area contributed by atoms with E-state index in [9.17, 15) is 14.7 Å². The summed E-state index contributed by atoms with van der Waals surface area (Å²) in [6.07, 6.45) is 3.50. The highest BCUT2D eigenvalue weighted by atomic mass is 35.5. The number of hydrogen-bond donors (Lipinski definition) is 1. The zero-order valence-electron chi connectivity index (χ0n) is 10.7. The second-order valence-corrected chi connectivity index (χ2v) is 4.87. The minimum Gasteiger partial charge on any atom is -0.464 e. The molecule has 1 N–H and O–H groups in total. The average molecular weight is 301 g/mol. The van der Waals surface area contributed by atoms with Gasteiger partial charge in [0, 0.05) is 23.0 Å². The molecule has 0 fully saturated rings. The van der Waals surface area contributed by atoms with Gasteiger partial charge in [-0.2, -0.15) is 0 Å². The molecule has 1 aliphatic rings. The molecule has 1 aliphatic heterocycles. The number of carboxylic acid groups (broad SMARTS) is 1. The summed E-state index contributed by atoms with van der Waals surface area (Å²) in [6, 6.07) is 8.25. The van der Waals surface area contributed by atoms with E-state index in [0.717, 1.165) is 0 Å². The van der Waals surface area contributed by atoms with Gasteiger partial charge in [0.1, 0.15) is 0 Å². The molecule has 6 heteroatoms. The van der Waals surface area contributed by atoms with Crippen molar-refractivity contribution in [1.82, 2.24) is 4.98 Å². The molecule has 0 bridgehead atoms. The molecular formula is C15H9ClN2O3. The molecule has 21 heavy (non-hydrogen) atoms. The van der Waals surface area contributed by atoms with Crippen molar-refractivity contribution in [3.63, 3.8) is 0 Å². The topological polar surface area (TPSA) is 70.5 Å². The molecule has 0 spiro atoms. The summed E-state index contributed by atoms with van der Waals surface area (Å²) < 4.78 is 0. The molecule has 1 aromatic carbocycles. The van der Waals surface area contributed by atoms with Gasteiger partial charge < -0.3 is 5.11 Å². The first-order valence-electron chi connectivity index (χ1n) is 6.07. The molecule has 1 aromatic heterocycles. The van der Waals surface area contributed by atoms with Crippen LogP contribution in [0.2, 0.25) is 5.02 Å². The van der Waals surface area contributed by atoms with Crippen molar-refractivity contribution in [2.75, 3.05) is 4.90 Å².